The number of nitrogens with zero attached hydrogens (tertiary/aromatic N) is 2. The molecule has 2 heterocycles. The first-order chi connectivity index (χ1) is 17.2. The van der Waals surface area contributed by atoms with Gasteiger partial charge in [0.05, 0.1) is 23.4 Å². The molecule has 6 rings (SSSR count). The Bertz CT molecular complexity index is 1280. The van der Waals surface area contributed by atoms with Crippen LogP contribution in [-0.4, -0.2) is 36.6 Å². The smallest absolute Gasteiger partial charge is 0.224 e. The van der Waals surface area contributed by atoms with Crippen LogP contribution in [0.4, 0.5) is 5.69 Å². The van der Waals surface area contributed by atoms with Gasteiger partial charge in [0.15, 0.2) is 0 Å². The summed E-state index contributed by atoms with van der Waals surface area (Å²) >= 11 is 0. The summed E-state index contributed by atoms with van der Waals surface area (Å²) in [4.78, 5) is 12.3. The summed E-state index contributed by atoms with van der Waals surface area (Å²) < 4.78 is 19.0. The van der Waals surface area contributed by atoms with Crippen LogP contribution in [0.3, 0.4) is 0 Å². The molecule has 3 fully saturated rings. The van der Waals surface area contributed by atoms with Gasteiger partial charge in [-0.15, -0.1) is 0 Å². The van der Waals surface area contributed by atoms with E-state index in [0.717, 1.165) is 59.3 Å². The zero-order valence-electron chi connectivity index (χ0n) is 19.7. The van der Waals surface area contributed by atoms with Crippen molar-refractivity contribution in [3.63, 3.8) is 0 Å². The summed E-state index contributed by atoms with van der Waals surface area (Å²) in [7, 11) is 0. The zero-order chi connectivity index (χ0) is 23.8. The Morgan fingerprint density at radius 1 is 1.14 bits per heavy atom. The number of hydrogen-bond donors (Lipinski definition) is 1. The standard InChI is InChI=1S/C28H29N3O4/c29-14-25-24-11-10-22(34-16-23-15-33-17-35-23)13-26(24)31(21-8-9-21)28(25)19-4-6-20(7-5-19)30-27(32)12-18-2-1-3-18/h4-7,10-11,13,18,21,23H,1-3,8-9,12,15-17H2,(H,30,32). The van der Waals surface area contributed by atoms with Crippen molar-refractivity contribution in [3.8, 4) is 23.1 Å². The van der Waals surface area contributed by atoms with E-state index in [1.807, 2.05) is 42.5 Å². The van der Waals surface area contributed by atoms with Crippen LogP contribution in [0, 0.1) is 17.2 Å². The number of nitriles is 1. The van der Waals surface area contributed by atoms with Gasteiger partial charge in [-0.25, -0.2) is 0 Å². The van der Waals surface area contributed by atoms with E-state index in [2.05, 4.69) is 16.0 Å². The van der Waals surface area contributed by atoms with Gasteiger partial charge in [0.1, 0.15) is 31.3 Å². The second-order valence-corrected chi connectivity index (χ2v) is 9.83. The summed E-state index contributed by atoms with van der Waals surface area (Å²) in [6.07, 6.45) is 6.28. The normalized spacial score (nSPS) is 19.9. The van der Waals surface area contributed by atoms with Gasteiger partial charge in [0.25, 0.3) is 0 Å². The van der Waals surface area contributed by atoms with E-state index in [1.165, 1.54) is 6.42 Å². The number of nitrogens with one attached hydrogen (secondary N) is 1. The SMILES string of the molecule is N#Cc1c(-c2ccc(NC(=O)CC3CCC3)cc2)n(C2CC2)c2cc(OCC3COCO3)ccc12. The van der Waals surface area contributed by atoms with E-state index in [4.69, 9.17) is 14.2 Å². The minimum atomic E-state index is -0.0566. The topological polar surface area (TPSA) is 85.5 Å². The molecule has 1 atom stereocenters. The van der Waals surface area contributed by atoms with Crippen molar-refractivity contribution in [2.24, 2.45) is 5.92 Å². The number of rotatable bonds is 8. The molecule has 180 valence electrons. The lowest BCUT2D eigenvalue weighted by Gasteiger charge is -2.24. The Hall–Kier alpha value is -3.34. The monoisotopic (exact) mass is 471 g/mol. The van der Waals surface area contributed by atoms with E-state index < -0.39 is 0 Å². The average molecular weight is 472 g/mol. The molecule has 2 aromatic carbocycles. The van der Waals surface area contributed by atoms with E-state index in [1.54, 1.807) is 0 Å². The molecule has 1 unspecified atom stereocenters. The maximum atomic E-state index is 12.3. The fourth-order valence-corrected chi connectivity index (χ4v) is 5.03. The molecule has 3 aromatic rings. The highest BCUT2D eigenvalue weighted by atomic mass is 16.7. The second kappa shape index (κ2) is 9.37. The zero-order valence-corrected chi connectivity index (χ0v) is 19.7. The Kier molecular flexibility index (Phi) is 5.93. The molecule has 7 nitrogen and oxygen atoms in total. The van der Waals surface area contributed by atoms with Crippen LogP contribution in [0.1, 0.15) is 50.1 Å². The third kappa shape index (κ3) is 4.52. The van der Waals surface area contributed by atoms with Crippen molar-refractivity contribution in [1.82, 2.24) is 4.57 Å². The van der Waals surface area contributed by atoms with Gasteiger partial charge in [0.2, 0.25) is 5.91 Å². The van der Waals surface area contributed by atoms with Crippen LogP contribution in [0.15, 0.2) is 42.5 Å². The minimum absolute atomic E-state index is 0.0566. The van der Waals surface area contributed by atoms with E-state index in [-0.39, 0.29) is 12.0 Å². The highest BCUT2D eigenvalue weighted by molar-refractivity contribution is 5.96. The van der Waals surface area contributed by atoms with Crippen molar-refractivity contribution in [1.29, 1.82) is 5.26 Å². The Balaban J connectivity index is 1.29. The number of aromatic nitrogens is 1. The molecule has 2 aliphatic carbocycles. The Morgan fingerprint density at radius 3 is 2.63 bits per heavy atom. The number of carbonyl (C=O) groups excluding carboxylic acids is 1. The molecular formula is C28H29N3O4. The third-order valence-electron chi connectivity index (χ3n) is 7.27. The number of anilines is 1. The Morgan fingerprint density at radius 2 is 1.97 bits per heavy atom. The summed E-state index contributed by atoms with van der Waals surface area (Å²) in [5.41, 5.74) is 4.38. The summed E-state index contributed by atoms with van der Waals surface area (Å²) in [6, 6.07) is 16.6. The Labute approximate surface area is 204 Å². The highest BCUT2D eigenvalue weighted by Gasteiger charge is 2.31. The van der Waals surface area contributed by atoms with Crippen LogP contribution < -0.4 is 10.1 Å². The summed E-state index contributed by atoms with van der Waals surface area (Å²) in [5, 5.41) is 14.1. The molecule has 1 aliphatic heterocycles. The van der Waals surface area contributed by atoms with Gasteiger partial charge in [-0.1, -0.05) is 18.6 Å². The van der Waals surface area contributed by atoms with Crippen molar-refractivity contribution >= 4 is 22.5 Å². The maximum absolute atomic E-state index is 12.3. The number of benzene rings is 2. The fourth-order valence-electron chi connectivity index (χ4n) is 5.03. The molecule has 1 amide bonds. The van der Waals surface area contributed by atoms with Crippen molar-refractivity contribution in [3.05, 3.63) is 48.0 Å². The quantitative estimate of drug-likeness (QED) is 0.476. The van der Waals surface area contributed by atoms with E-state index in [9.17, 15) is 10.1 Å². The first-order valence-electron chi connectivity index (χ1n) is 12.5. The van der Waals surface area contributed by atoms with Gasteiger partial charge in [-0.2, -0.15) is 5.26 Å². The molecule has 0 spiro atoms. The first-order valence-corrected chi connectivity index (χ1v) is 12.5. The molecule has 2 saturated carbocycles. The predicted molar refractivity (Wildman–Crippen MR) is 132 cm³/mol. The van der Waals surface area contributed by atoms with Crippen LogP contribution in [0.2, 0.25) is 0 Å². The molecular weight excluding hydrogens is 442 g/mol. The van der Waals surface area contributed by atoms with Gasteiger partial charge in [0, 0.05) is 29.6 Å². The van der Waals surface area contributed by atoms with Crippen LogP contribution in [0.25, 0.3) is 22.2 Å². The lowest BCUT2D eigenvalue weighted by molar-refractivity contribution is -0.117. The van der Waals surface area contributed by atoms with Gasteiger partial charge in [-0.3, -0.25) is 4.79 Å². The van der Waals surface area contributed by atoms with E-state index >= 15 is 0 Å². The third-order valence-corrected chi connectivity index (χ3v) is 7.27. The predicted octanol–water partition coefficient (Wildman–Crippen LogP) is 5.40. The van der Waals surface area contributed by atoms with Crippen LogP contribution >= 0.6 is 0 Å². The number of fused-ring (bicyclic) bond motifs is 1. The summed E-state index contributed by atoms with van der Waals surface area (Å²) in [6.45, 7) is 1.29. The number of ether oxygens (including phenoxy) is 3. The van der Waals surface area contributed by atoms with E-state index in [0.29, 0.717) is 44.0 Å². The van der Waals surface area contributed by atoms with Crippen molar-refractivity contribution < 1.29 is 19.0 Å². The molecule has 1 aromatic heterocycles. The van der Waals surface area contributed by atoms with Crippen molar-refractivity contribution in [2.45, 2.75) is 50.7 Å². The highest BCUT2D eigenvalue weighted by Crippen LogP contribution is 2.45. The number of amides is 1. The fraction of sp³-hybridized carbons (Fsp3) is 0.429. The van der Waals surface area contributed by atoms with Gasteiger partial charge in [-0.05, 0) is 61.4 Å². The molecule has 3 aliphatic rings. The molecule has 1 saturated heterocycles. The second-order valence-electron chi connectivity index (χ2n) is 9.83. The van der Waals surface area contributed by atoms with Crippen LogP contribution in [-0.2, 0) is 14.3 Å². The summed E-state index contributed by atoms with van der Waals surface area (Å²) in [5.74, 6) is 1.37. The molecule has 1 N–H and O–H groups in total. The first kappa shape index (κ1) is 22.1. The average Bonchev–Trinajstić information content (AvgIpc) is 3.44. The van der Waals surface area contributed by atoms with Crippen molar-refractivity contribution in [2.75, 3.05) is 25.3 Å². The lowest BCUT2D eigenvalue weighted by atomic mass is 9.83. The molecule has 35 heavy (non-hydrogen) atoms. The van der Waals surface area contributed by atoms with Crippen LogP contribution in [0.5, 0.6) is 5.75 Å². The van der Waals surface area contributed by atoms with Gasteiger partial charge >= 0.3 is 0 Å². The number of carbonyl (C=O) groups is 1. The maximum Gasteiger partial charge on any atom is 0.224 e. The number of hydrogen-bond acceptors (Lipinski definition) is 5. The van der Waals surface area contributed by atoms with Gasteiger partial charge < -0.3 is 24.1 Å². The molecule has 0 radical (unpaired) electrons. The molecule has 0 bridgehead atoms. The molecule has 7 heteroatoms. The largest absolute Gasteiger partial charge is 0.491 e. The minimum Gasteiger partial charge on any atom is -0.491 e. The lowest BCUT2D eigenvalue weighted by Crippen LogP contribution is -2.20.